The molecular weight excluding hydrogens is 308 g/mol. The van der Waals surface area contributed by atoms with Crippen LogP contribution in [-0.2, 0) is 5.75 Å². The van der Waals surface area contributed by atoms with E-state index in [0.717, 1.165) is 4.90 Å². The summed E-state index contributed by atoms with van der Waals surface area (Å²) in [5.74, 6) is -0.398. The molecule has 3 heterocycles. The molecule has 1 N–H and O–H groups in total. The van der Waals surface area contributed by atoms with Gasteiger partial charge in [-0.2, -0.15) is 0 Å². The van der Waals surface area contributed by atoms with Gasteiger partial charge in [0, 0.05) is 28.3 Å². The molecule has 3 rings (SSSR count). The summed E-state index contributed by atoms with van der Waals surface area (Å²) in [7, 11) is 0. The first-order valence-corrected chi connectivity index (χ1v) is 7.92. The fraction of sp³-hybridized carbons (Fsp3) is 0.0714. The summed E-state index contributed by atoms with van der Waals surface area (Å²) in [6, 6.07) is 8.53. The Morgan fingerprint density at radius 2 is 2.24 bits per heavy atom. The normalized spacial score (nSPS) is 10.9. The lowest BCUT2D eigenvalue weighted by atomic mass is 10.4. The number of fused-ring (bicyclic) bond motifs is 1. The first-order chi connectivity index (χ1) is 10.1. The van der Waals surface area contributed by atoms with Gasteiger partial charge in [-0.15, -0.1) is 23.1 Å². The molecule has 0 aliphatic heterocycles. The van der Waals surface area contributed by atoms with Crippen LogP contribution in [0.2, 0.25) is 0 Å². The van der Waals surface area contributed by atoms with Gasteiger partial charge in [-0.25, -0.2) is 9.78 Å². The summed E-state index contributed by atoms with van der Waals surface area (Å²) in [5, 5.41) is 10.7. The first-order valence-electron chi connectivity index (χ1n) is 6.05. The van der Waals surface area contributed by atoms with Crippen LogP contribution in [0.5, 0.6) is 0 Å². The van der Waals surface area contributed by atoms with Crippen LogP contribution in [0, 0.1) is 0 Å². The van der Waals surface area contributed by atoms with E-state index in [2.05, 4.69) is 4.98 Å². The van der Waals surface area contributed by atoms with Crippen LogP contribution >= 0.6 is 23.1 Å². The Morgan fingerprint density at radius 1 is 1.38 bits per heavy atom. The predicted molar refractivity (Wildman–Crippen MR) is 82.3 cm³/mol. The number of thioether (sulfide) groups is 1. The van der Waals surface area contributed by atoms with Crippen molar-refractivity contribution in [2.24, 2.45) is 0 Å². The summed E-state index contributed by atoms with van der Waals surface area (Å²) in [4.78, 5) is 28.4. The molecule has 106 valence electrons. The minimum Gasteiger partial charge on any atom is -0.477 e. The smallest absolute Gasteiger partial charge is 0.345 e. The quantitative estimate of drug-likeness (QED) is 0.749. The molecule has 7 heteroatoms. The van der Waals surface area contributed by atoms with Crippen molar-refractivity contribution in [3.05, 3.63) is 62.8 Å². The van der Waals surface area contributed by atoms with Gasteiger partial charge in [0.15, 0.2) is 0 Å². The van der Waals surface area contributed by atoms with Crippen LogP contribution in [0.3, 0.4) is 0 Å². The number of aromatic nitrogens is 2. The van der Waals surface area contributed by atoms with E-state index in [1.807, 2.05) is 6.07 Å². The molecule has 0 aromatic carbocycles. The maximum atomic E-state index is 11.9. The largest absolute Gasteiger partial charge is 0.477 e. The van der Waals surface area contributed by atoms with Crippen molar-refractivity contribution in [3.8, 4) is 0 Å². The summed E-state index contributed by atoms with van der Waals surface area (Å²) < 4.78 is 1.49. The number of carboxylic acid groups (broad SMARTS) is 1. The second-order valence-corrected chi connectivity index (χ2v) is 6.22. The van der Waals surface area contributed by atoms with Gasteiger partial charge in [-0.3, -0.25) is 9.20 Å². The number of aromatic carboxylic acids is 1. The molecule has 0 aliphatic carbocycles. The summed E-state index contributed by atoms with van der Waals surface area (Å²) in [5.41, 5.74) is 1.17. The van der Waals surface area contributed by atoms with Gasteiger partial charge in [0.05, 0.1) is 5.69 Å². The van der Waals surface area contributed by atoms with E-state index in [1.165, 1.54) is 33.6 Å². The Hall–Kier alpha value is -2.12. The zero-order chi connectivity index (χ0) is 14.8. The number of hydrogen-bond donors (Lipinski definition) is 1. The van der Waals surface area contributed by atoms with E-state index < -0.39 is 5.97 Å². The van der Waals surface area contributed by atoms with Crippen LogP contribution < -0.4 is 5.56 Å². The van der Waals surface area contributed by atoms with Crippen molar-refractivity contribution in [3.63, 3.8) is 0 Å². The number of carboxylic acids is 1. The molecule has 5 nitrogen and oxygen atoms in total. The number of hydrogen-bond acceptors (Lipinski definition) is 5. The summed E-state index contributed by atoms with van der Waals surface area (Å²) in [6.07, 6.45) is 1.68. The maximum absolute atomic E-state index is 11.9. The Morgan fingerprint density at radius 3 is 3.00 bits per heavy atom. The van der Waals surface area contributed by atoms with E-state index in [4.69, 9.17) is 5.11 Å². The Balaban J connectivity index is 1.81. The van der Waals surface area contributed by atoms with E-state index in [9.17, 15) is 9.59 Å². The van der Waals surface area contributed by atoms with Crippen molar-refractivity contribution >= 4 is 34.7 Å². The highest BCUT2D eigenvalue weighted by atomic mass is 32.2. The lowest BCUT2D eigenvalue weighted by Gasteiger charge is -2.02. The molecule has 0 aliphatic rings. The van der Waals surface area contributed by atoms with Crippen molar-refractivity contribution in [1.29, 1.82) is 0 Å². The number of nitrogens with zero attached hydrogens (tertiary/aromatic N) is 2. The molecule has 0 radical (unpaired) electrons. The van der Waals surface area contributed by atoms with Crippen LogP contribution in [0.15, 0.2) is 51.6 Å². The molecule has 3 aromatic heterocycles. The molecule has 3 aromatic rings. The van der Waals surface area contributed by atoms with Crippen molar-refractivity contribution in [2.75, 3.05) is 0 Å². The van der Waals surface area contributed by atoms with Gasteiger partial charge >= 0.3 is 5.97 Å². The SMILES string of the molecule is O=C(O)c1cc(SCc2cc(=O)n3ccccc3n2)cs1. The summed E-state index contributed by atoms with van der Waals surface area (Å²) >= 11 is 2.66. The third-order valence-electron chi connectivity index (χ3n) is 2.80. The predicted octanol–water partition coefficient (Wildman–Crippen LogP) is 2.75. The molecule has 0 amide bonds. The van der Waals surface area contributed by atoms with Crippen LogP contribution in [0.1, 0.15) is 15.4 Å². The molecule has 0 saturated heterocycles. The van der Waals surface area contributed by atoms with Crippen molar-refractivity contribution < 1.29 is 9.90 Å². The molecule has 21 heavy (non-hydrogen) atoms. The fourth-order valence-corrected chi connectivity index (χ4v) is 3.60. The minimum atomic E-state index is -0.922. The van der Waals surface area contributed by atoms with Crippen LogP contribution in [0.4, 0.5) is 0 Å². The van der Waals surface area contributed by atoms with E-state index in [-0.39, 0.29) is 5.56 Å². The molecule has 0 spiro atoms. The van der Waals surface area contributed by atoms with Gasteiger partial charge in [-0.1, -0.05) is 6.07 Å². The average Bonchev–Trinajstić information content (AvgIpc) is 2.94. The fourth-order valence-electron chi connectivity index (χ4n) is 1.84. The van der Waals surface area contributed by atoms with E-state index >= 15 is 0 Å². The average molecular weight is 318 g/mol. The topological polar surface area (TPSA) is 71.7 Å². The summed E-state index contributed by atoms with van der Waals surface area (Å²) in [6.45, 7) is 0. The van der Waals surface area contributed by atoms with Crippen LogP contribution in [0.25, 0.3) is 5.65 Å². The zero-order valence-electron chi connectivity index (χ0n) is 10.7. The van der Waals surface area contributed by atoms with Gasteiger partial charge in [0.1, 0.15) is 10.5 Å². The molecule has 0 bridgehead atoms. The van der Waals surface area contributed by atoms with Crippen molar-refractivity contribution in [1.82, 2.24) is 9.38 Å². The zero-order valence-corrected chi connectivity index (χ0v) is 12.4. The number of thiophene rings is 1. The monoisotopic (exact) mass is 318 g/mol. The van der Waals surface area contributed by atoms with Gasteiger partial charge in [0.25, 0.3) is 5.56 Å². The number of rotatable bonds is 4. The molecule has 0 atom stereocenters. The Bertz CT molecular complexity index is 870. The molecular formula is C14H10N2O3S2. The lowest BCUT2D eigenvalue weighted by Crippen LogP contribution is -2.14. The standard InChI is InChI=1S/C14H10N2O3S2/c17-13-5-9(15-12-3-1-2-4-16(12)13)7-20-10-6-11(14(18)19)21-8-10/h1-6,8H,7H2,(H,18,19). The highest BCUT2D eigenvalue weighted by molar-refractivity contribution is 7.98. The minimum absolute atomic E-state index is 0.118. The van der Waals surface area contributed by atoms with Crippen LogP contribution in [-0.4, -0.2) is 20.5 Å². The Kier molecular flexibility index (Phi) is 3.76. The third-order valence-corrected chi connectivity index (χ3v) is 4.87. The first kappa shape index (κ1) is 13.8. The van der Waals surface area contributed by atoms with Crippen molar-refractivity contribution in [2.45, 2.75) is 10.6 Å². The Labute approximate surface area is 127 Å². The van der Waals surface area contributed by atoms with Gasteiger partial charge in [-0.05, 0) is 18.2 Å². The lowest BCUT2D eigenvalue weighted by molar-refractivity contribution is 0.0702. The van der Waals surface area contributed by atoms with E-state index in [0.29, 0.717) is 22.0 Å². The van der Waals surface area contributed by atoms with Gasteiger partial charge in [0.2, 0.25) is 0 Å². The number of carbonyl (C=O) groups is 1. The van der Waals surface area contributed by atoms with E-state index in [1.54, 1.807) is 29.8 Å². The maximum Gasteiger partial charge on any atom is 0.345 e. The second-order valence-electron chi connectivity index (χ2n) is 4.26. The third kappa shape index (κ3) is 2.98. The highest BCUT2D eigenvalue weighted by Gasteiger charge is 2.08. The number of pyridine rings is 1. The highest BCUT2D eigenvalue weighted by Crippen LogP contribution is 2.27. The van der Waals surface area contributed by atoms with Gasteiger partial charge < -0.3 is 5.11 Å². The molecule has 0 unspecified atom stereocenters. The molecule has 0 fully saturated rings. The molecule has 0 saturated carbocycles. The second kappa shape index (κ2) is 5.71.